The first kappa shape index (κ1) is 24.9. The van der Waals surface area contributed by atoms with Crippen LogP contribution in [-0.4, -0.2) is 55.5 Å². The average molecular weight is 457 g/mol. The molecule has 0 aromatic heterocycles. The monoisotopic (exact) mass is 456 g/mol. The molecule has 3 aliphatic rings. The molecule has 2 amide bonds. The summed E-state index contributed by atoms with van der Waals surface area (Å²) < 4.78 is 0. The molecule has 4 rings (SSSR count). The van der Waals surface area contributed by atoms with E-state index in [2.05, 4.69) is 39.0 Å². The molecule has 1 aromatic carbocycles. The zero-order valence-electron chi connectivity index (χ0n) is 17.4. The molecule has 0 spiro atoms. The van der Waals surface area contributed by atoms with Crippen LogP contribution in [0, 0.1) is 5.92 Å². The number of halogens is 2. The highest BCUT2D eigenvalue weighted by Gasteiger charge is 2.27. The molecule has 3 aliphatic heterocycles. The first-order valence-electron chi connectivity index (χ1n) is 10.8. The lowest BCUT2D eigenvalue weighted by atomic mass is 9.88. The highest BCUT2D eigenvalue weighted by Crippen LogP contribution is 2.30. The summed E-state index contributed by atoms with van der Waals surface area (Å²) in [6, 6.07) is 8.17. The lowest BCUT2D eigenvalue weighted by Crippen LogP contribution is -2.47. The maximum Gasteiger partial charge on any atom is 0.249 e. The van der Waals surface area contributed by atoms with Crippen LogP contribution in [0.25, 0.3) is 0 Å². The largest absolute Gasteiger partial charge is 0.374 e. The second-order valence-corrected chi connectivity index (χ2v) is 8.54. The topological polar surface area (TPSA) is 73.5 Å². The Kier molecular flexibility index (Phi) is 9.88. The van der Waals surface area contributed by atoms with E-state index in [-0.39, 0.29) is 42.7 Å². The number of benzene rings is 1. The van der Waals surface area contributed by atoms with Gasteiger partial charge in [0, 0.05) is 18.7 Å². The lowest BCUT2D eigenvalue weighted by Gasteiger charge is -2.35. The zero-order valence-corrected chi connectivity index (χ0v) is 19.0. The number of rotatable bonds is 5. The molecule has 1 aromatic rings. The third-order valence-corrected chi connectivity index (χ3v) is 6.50. The Morgan fingerprint density at radius 2 is 1.73 bits per heavy atom. The molecule has 0 radical (unpaired) electrons. The number of carbonyl (C=O) groups is 2. The molecule has 8 heteroatoms. The third-order valence-electron chi connectivity index (χ3n) is 6.50. The predicted octanol–water partition coefficient (Wildman–Crippen LogP) is 2.93. The molecule has 0 aliphatic carbocycles. The number of hydrogen-bond acceptors (Lipinski definition) is 5. The van der Waals surface area contributed by atoms with E-state index in [1.54, 1.807) is 0 Å². The van der Waals surface area contributed by atoms with Gasteiger partial charge in [-0.1, -0.05) is 12.1 Å². The third kappa shape index (κ3) is 6.58. The van der Waals surface area contributed by atoms with Gasteiger partial charge in [0.2, 0.25) is 11.8 Å². The molecular formula is C22H34Cl2N4O2. The average Bonchev–Trinajstić information content (AvgIpc) is 2.72. The minimum Gasteiger partial charge on any atom is -0.374 e. The standard InChI is InChI=1S/C22H32N4O2.2ClH/c27-21-5-4-20(22(28)25-21)24-19-3-1-2-18(14-19)17-8-12-26(13-9-17)15-16-6-10-23-11-7-16;;/h1-3,14,16-17,20,23-24H,4-13,15H2,(H,25,27,28);2*1H. The molecule has 3 heterocycles. The molecule has 168 valence electrons. The maximum atomic E-state index is 12.0. The smallest absolute Gasteiger partial charge is 0.249 e. The molecular weight excluding hydrogens is 423 g/mol. The number of imide groups is 1. The van der Waals surface area contributed by atoms with Crippen LogP contribution in [0.15, 0.2) is 24.3 Å². The van der Waals surface area contributed by atoms with E-state index in [0.717, 1.165) is 11.6 Å². The first-order chi connectivity index (χ1) is 13.7. The van der Waals surface area contributed by atoms with Gasteiger partial charge in [-0.05, 0) is 87.8 Å². The fourth-order valence-corrected chi connectivity index (χ4v) is 4.79. The summed E-state index contributed by atoms with van der Waals surface area (Å²) in [6.45, 7) is 5.96. The number of nitrogens with one attached hydrogen (secondary N) is 3. The van der Waals surface area contributed by atoms with Crippen molar-refractivity contribution in [2.24, 2.45) is 5.92 Å². The fraction of sp³-hybridized carbons (Fsp3) is 0.636. The number of carbonyl (C=O) groups excluding carboxylic acids is 2. The molecule has 0 saturated carbocycles. The lowest BCUT2D eigenvalue weighted by molar-refractivity contribution is -0.133. The van der Waals surface area contributed by atoms with E-state index >= 15 is 0 Å². The zero-order chi connectivity index (χ0) is 19.3. The van der Waals surface area contributed by atoms with Crippen molar-refractivity contribution < 1.29 is 9.59 Å². The molecule has 30 heavy (non-hydrogen) atoms. The summed E-state index contributed by atoms with van der Waals surface area (Å²) in [5.41, 5.74) is 2.34. The first-order valence-corrected chi connectivity index (χ1v) is 10.8. The van der Waals surface area contributed by atoms with Gasteiger partial charge in [0.25, 0.3) is 0 Å². The van der Waals surface area contributed by atoms with Crippen LogP contribution >= 0.6 is 24.8 Å². The van der Waals surface area contributed by atoms with Gasteiger partial charge < -0.3 is 15.5 Å². The summed E-state index contributed by atoms with van der Waals surface area (Å²) in [6.07, 6.45) is 5.99. The highest BCUT2D eigenvalue weighted by atomic mass is 35.5. The van der Waals surface area contributed by atoms with Crippen molar-refractivity contribution in [2.45, 2.75) is 50.5 Å². The summed E-state index contributed by atoms with van der Waals surface area (Å²) >= 11 is 0. The van der Waals surface area contributed by atoms with Gasteiger partial charge in [0.15, 0.2) is 0 Å². The normalized spacial score (nSPS) is 23.8. The SMILES string of the molecule is Cl.Cl.O=C1CCC(Nc2cccc(C3CCN(CC4CCNCC4)CC3)c2)C(=O)N1. The van der Waals surface area contributed by atoms with Crippen molar-refractivity contribution in [3.63, 3.8) is 0 Å². The fourth-order valence-electron chi connectivity index (χ4n) is 4.79. The van der Waals surface area contributed by atoms with Crippen LogP contribution in [-0.2, 0) is 9.59 Å². The quantitative estimate of drug-likeness (QED) is 0.593. The summed E-state index contributed by atoms with van der Waals surface area (Å²) in [4.78, 5) is 26.0. The van der Waals surface area contributed by atoms with E-state index in [9.17, 15) is 9.59 Å². The van der Waals surface area contributed by atoms with Crippen LogP contribution in [0.4, 0.5) is 5.69 Å². The van der Waals surface area contributed by atoms with Crippen molar-refractivity contribution in [3.8, 4) is 0 Å². The van der Waals surface area contributed by atoms with Crippen molar-refractivity contribution in [2.75, 3.05) is 38.0 Å². The van der Waals surface area contributed by atoms with Crippen LogP contribution in [0.1, 0.15) is 50.0 Å². The number of anilines is 1. The number of piperidine rings is 3. The minimum atomic E-state index is -0.320. The summed E-state index contributed by atoms with van der Waals surface area (Å²) in [7, 11) is 0. The van der Waals surface area contributed by atoms with E-state index in [4.69, 9.17) is 0 Å². The van der Waals surface area contributed by atoms with Crippen molar-refractivity contribution in [1.82, 2.24) is 15.5 Å². The Morgan fingerprint density at radius 3 is 2.43 bits per heavy atom. The van der Waals surface area contributed by atoms with Gasteiger partial charge in [0.05, 0.1) is 0 Å². The number of likely N-dealkylation sites (tertiary alicyclic amines) is 1. The van der Waals surface area contributed by atoms with Gasteiger partial charge in [-0.3, -0.25) is 14.9 Å². The molecule has 3 saturated heterocycles. The molecule has 1 unspecified atom stereocenters. The van der Waals surface area contributed by atoms with Crippen LogP contribution in [0.2, 0.25) is 0 Å². The van der Waals surface area contributed by atoms with Gasteiger partial charge in [-0.25, -0.2) is 0 Å². The van der Waals surface area contributed by atoms with Crippen LogP contribution in [0.5, 0.6) is 0 Å². The Balaban J connectivity index is 0.00000160. The molecule has 1 atom stereocenters. The molecule has 3 fully saturated rings. The van der Waals surface area contributed by atoms with Crippen molar-refractivity contribution in [1.29, 1.82) is 0 Å². The number of amides is 2. The second kappa shape index (κ2) is 11.9. The number of hydrogen-bond donors (Lipinski definition) is 3. The molecule has 6 nitrogen and oxygen atoms in total. The molecule has 0 bridgehead atoms. The van der Waals surface area contributed by atoms with Gasteiger partial charge >= 0.3 is 0 Å². The number of nitrogens with zero attached hydrogens (tertiary/aromatic N) is 1. The van der Waals surface area contributed by atoms with Gasteiger partial charge in [-0.2, -0.15) is 0 Å². The Bertz CT molecular complexity index is 704. The Labute approximate surface area is 191 Å². The van der Waals surface area contributed by atoms with E-state index < -0.39 is 0 Å². The van der Waals surface area contributed by atoms with E-state index in [1.165, 1.54) is 64.0 Å². The van der Waals surface area contributed by atoms with Crippen molar-refractivity contribution in [3.05, 3.63) is 29.8 Å². The van der Waals surface area contributed by atoms with E-state index in [0.29, 0.717) is 18.8 Å². The van der Waals surface area contributed by atoms with Crippen LogP contribution < -0.4 is 16.0 Å². The Morgan fingerprint density at radius 1 is 1.00 bits per heavy atom. The van der Waals surface area contributed by atoms with Gasteiger partial charge in [0.1, 0.15) is 6.04 Å². The predicted molar refractivity (Wildman–Crippen MR) is 125 cm³/mol. The van der Waals surface area contributed by atoms with Crippen LogP contribution in [0.3, 0.4) is 0 Å². The summed E-state index contributed by atoms with van der Waals surface area (Å²) in [5.74, 6) is 1.06. The van der Waals surface area contributed by atoms with E-state index in [1.807, 2.05) is 6.07 Å². The summed E-state index contributed by atoms with van der Waals surface area (Å²) in [5, 5.41) is 9.18. The second-order valence-electron chi connectivity index (χ2n) is 8.54. The Hall–Kier alpha value is -1.34. The highest BCUT2D eigenvalue weighted by molar-refractivity contribution is 6.01. The minimum absolute atomic E-state index is 0. The maximum absolute atomic E-state index is 12.0. The van der Waals surface area contributed by atoms with Crippen molar-refractivity contribution >= 4 is 42.3 Å². The molecule has 3 N–H and O–H groups in total. The van der Waals surface area contributed by atoms with Gasteiger partial charge in [-0.15, -0.1) is 24.8 Å².